The lowest BCUT2D eigenvalue weighted by Crippen LogP contribution is -2.30. The molecule has 0 aliphatic carbocycles. The first-order valence-electron chi connectivity index (χ1n) is 6.45. The Balaban J connectivity index is 2.98. The van der Waals surface area contributed by atoms with Gasteiger partial charge in [0.2, 0.25) is 15.9 Å². The van der Waals surface area contributed by atoms with Gasteiger partial charge in [-0.15, -0.1) is 0 Å². The number of rotatable bonds is 7. The van der Waals surface area contributed by atoms with Crippen molar-refractivity contribution in [2.45, 2.75) is 25.3 Å². The molecular weight excluding hydrogens is 276 g/mol. The highest BCUT2D eigenvalue weighted by molar-refractivity contribution is 7.89. The van der Waals surface area contributed by atoms with E-state index in [-0.39, 0.29) is 17.3 Å². The molecule has 1 amide bonds. The summed E-state index contributed by atoms with van der Waals surface area (Å²) < 4.78 is 26.1. The predicted molar refractivity (Wildman–Crippen MR) is 78.6 cm³/mol. The van der Waals surface area contributed by atoms with E-state index < -0.39 is 10.0 Å². The molecule has 0 heterocycles. The molecule has 0 saturated heterocycles. The van der Waals surface area contributed by atoms with Gasteiger partial charge in [-0.05, 0) is 23.8 Å². The zero-order valence-corrected chi connectivity index (χ0v) is 12.6. The number of carbonyl (C=O) groups is 1. The van der Waals surface area contributed by atoms with E-state index in [1.165, 1.54) is 10.4 Å². The molecule has 1 aromatic rings. The summed E-state index contributed by atoms with van der Waals surface area (Å²) in [6, 6.07) is 6.58. The average Bonchev–Trinajstić information content (AvgIpc) is 2.46. The van der Waals surface area contributed by atoms with E-state index in [0.717, 1.165) is 5.56 Å². The molecule has 0 aliphatic heterocycles. The summed E-state index contributed by atoms with van der Waals surface area (Å²) in [5, 5.41) is 2.62. The van der Waals surface area contributed by atoms with Crippen LogP contribution in [0.3, 0.4) is 0 Å². The van der Waals surface area contributed by atoms with Crippen LogP contribution in [-0.4, -0.2) is 31.7 Å². The molecule has 1 N–H and O–H groups in total. The van der Waals surface area contributed by atoms with E-state index in [1.807, 2.05) is 0 Å². The van der Waals surface area contributed by atoms with Crippen LogP contribution < -0.4 is 5.32 Å². The topological polar surface area (TPSA) is 66.5 Å². The standard InChI is InChI=1S/C14H20N2O3S/c1-4-14(17)15-11-12-8-7-9-13(10-12)20(18,19)16(5-2)6-3/h4,7-10H,1,5-6,11H2,2-3H3,(H,15,17). The van der Waals surface area contributed by atoms with Crippen LogP contribution in [0.2, 0.25) is 0 Å². The van der Waals surface area contributed by atoms with Crippen molar-refractivity contribution in [3.8, 4) is 0 Å². The van der Waals surface area contributed by atoms with Crippen LogP contribution in [0.1, 0.15) is 19.4 Å². The summed E-state index contributed by atoms with van der Waals surface area (Å²) >= 11 is 0. The molecule has 110 valence electrons. The van der Waals surface area contributed by atoms with Crippen LogP contribution in [0.15, 0.2) is 41.8 Å². The number of hydrogen-bond donors (Lipinski definition) is 1. The molecule has 1 aromatic carbocycles. The van der Waals surface area contributed by atoms with Crippen LogP contribution in [-0.2, 0) is 21.4 Å². The summed E-state index contributed by atoms with van der Waals surface area (Å²) in [6.45, 7) is 8.09. The summed E-state index contributed by atoms with van der Waals surface area (Å²) in [7, 11) is -3.47. The van der Waals surface area contributed by atoms with E-state index >= 15 is 0 Å². The van der Waals surface area contributed by atoms with E-state index in [4.69, 9.17) is 0 Å². The summed E-state index contributed by atoms with van der Waals surface area (Å²) in [5.74, 6) is -0.290. The lowest BCUT2D eigenvalue weighted by atomic mass is 10.2. The molecular formula is C14H20N2O3S. The van der Waals surface area contributed by atoms with Gasteiger partial charge in [-0.2, -0.15) is 4.31 Å². The summed E-state index contributed by atoms with van der Waals surface area (Å²) in [6.07, 6.45) is 1.18. The number of sulfonamides is 1. The normalized spacial score (nSPS) is 11.3. The van der Waals surface area contributed by atoms with Crippen LogP contribution in [0.5, 0.6) is 0 Å². The molecule has 0 radical (unpaired) electrons. The first-order valence-corrected chi connectivity index (χ1v) is 7.89. The van der Waals surface area contributed by atoms with Crippen LogP contribution in [0, 0.1) is 0 Å². The minimum absolute atomic E-state index is 0.242. The fourth-order valence-electron chi connectivity index (χ4n) is 1.79. The molecule has 1 rings (SSSR count). The van der Waals surface area contributed by atoms with Crippen molar-refractivity contribution in [3.05, 3.63) is 42.5 Å². The number of carbonyl (C=O) groups excluding carboxylic acids is 1. The molecule has 0 spiro atoms. The Morgan fingerprint density at radius 3 is 2.55 bits per heavy atom. The first kappa shape index (κ1) is 16.4. The Morgan fingerprint density at radius 2 is 2.00 bits per heavy atom. The smallest absolute Gasteiger partial charge is 0.243 e. The summed E-state index contributed by atoms with van der Waals surface area (Å²) in [4.78, 5) is 11.4. The quantitative estimate of drug-likeness (QED) is 0.776. The van der Waals surface area contributed by atoms with Gasteiger partial charge in [0, 0.05) is 19.6 Å². The number of amides is 1. The molecule has 0 aromatic heterocycles. The third-order valence-electron chi connectivity index (χ3n) is 2.89. The highest BCUT2D eigenvalue weighted by Gasteiger charge is 2.21. The fourth-order valence-corrected chi connectivity index (χ4v) is 3.32. The fraction of sp³-hybridized carbons (Fsp3) is 0.357. The molecule has 0 saturated carbocycles. The van der Waals surface area contributed by atoms with Gasteiger partial charge in [-0.3, -0.25) is 4.79 Å². The Bertz CT molecular complexity index is 578. The highest BCUT2D eigenvalue weighted by atomic mass is 32.2. The van der Waals surface area contributed by atoms with E-state index in [1.54, 1.807) is 38.1 Å². The molecule has 0 aliphatic rings. The van der Waals surface area contributed by atoms with Gasteiger partial charge in [0.1, 0.15) is 0 Å². The van der Waals surface area contributed by atoms with Gasteiger partial charge in [-0.1, -0.05) is 32.6 Å². The number of benzene rings is 1. The third kappa shape index (κ3) is 3.91. The van der Waals surface area contributed by atoms with Crippen molar-refractivity contribution in [1.29, 1.82) is 0 Å². The van der Waals surface area contributed by atoms with Crippen molar-refractivity contribution in [1.82, 2.24) is 9.62 Å². The van der Waals surface area contributed by atoms with Crippen molar-refractivity contribution in [2.75, 3.05) is 13.1 Å². The van der Waals surface area contributed by atoms with Crippen molar-refractivity contribution >= 4 is 15.9 Å². The second-order valence-electron chi connectivity index (χ2n) is 4.16. The van der Waals surface area contributed by atoms with Gasteiger partial charge in [-0.25, -0.2) is 8.42 Å². The molecule has 0 unspecified atom stereocenters. The molecule has 6 heteroatoms. The zero-order valence-electron chi connectivity index (χ0n) is 11.8. The largest absolute Gasteiger partial charge is 0.348 e. The maximum Gasteiger partial charge on any atom is 0.243 e. The first-order chi connectivity index (χ1) is 9.45. The Labute approximate surface area is 120 Å². The van der Waals surface area contributed by atoms with Gasteiger partial charge < -0.3 is 5.32 Å². The molecule has 0 atom stereocenters. The Morgan fingerprint density at radius 1 is 1.35 bits per heavy atom. The lowest BCUT2D eigenvalue weighted by molar-refractivity contribution is -0.116. The Hall–Kier alpha value is -1.66. The predicted octanol–water partition coefficient (Wildman–Crippen LogP) is 1.52. The van der Waals surface area contributed by atoms with Crippen molar-refractivity contribution < 1.29 is 13.2 Å². The van der Waals surface area contributed by atoms with Gasteiger partial charge in [0.05, 0.1) is 4.90 Å². The SMILES string of the molecule is C=CC(=O)NCc1cccc(S(=O)(=O)N(CC)CC)c1. The number of hydrogen-bond acceptors (Lipinski definition) is 3. The Kier molecular flexibility index (Phi) is 5.91. The van der Waals surface area contributed by atoms with Crippen LogP contribution in [0.4, 0.5) is 0 Å². The second kappa shape index (κ2) is 7.21. The maximum atomic E-state index is 12.4. The highest BCUT2D eigenvalue weighted by Crippen LogP contribution is 2.16. The van der Waals surface area contributed by atoms with E-state index in [0.29, 0.717) is 13.1 Å². The van der Waals surface area contributed by atoms with Crippen molar-refractivity contribution in [2.24, 2.45) is 0 Å². The van der Waals surface area contributed by atoms with E-state index in [2.05, 4.69) is 11.9 Å². The second-order valence-corrected chi connectivity index (χ2v) is 6.10. The van der Waals surface area contributed by atoms with Crippen LogP contribution in [0.25, 0.3) is 0 Å². The molecule has 0 fully saturated rings. The minimum Gasteiger partial charge on any atom is -0.348 e. The zero-order chi connectivity index (χ0) is 15.2. The molecule has 0 bridgehead atoms. The van der Waals surface area contributed by atoms with Crippen molar-refractivity contribution in [3.63, 3.8) is 0 Å². The number of nitrogens with zero attached hydrogens (tertiary/aromatic N) is 1. The van der Waals surface area contributed by atoms with Gasteiger partial charge in [0.15, 0.2) is 0 Å². The molecule has 20 heavy (non-hydrogen) atoms. The number of nitrogens with one attached hydrogen (secondary N) is 1. The van der Waals surface area contributed by atoms with Gasteiger partial charge in [0.25, 0.3) is 0 Å². The van der Waals surface area contributed by atoms with Gasteiger partial charge >= 0.3 is 0 Å². The minimum atomic E-state index is -3.47. The average molecular weight is 296 g/mol. The monoisotopic (exact) mass is 296 g/mol. The third-order valence-corrected chi connectivity index (χ3v) is 4.94. The lowest BCUT2D eigenvalue weighted by Gasteiger charge is -2.18. The summed E-state index contributed by atoms with van der Waals surface area (Å²) in [5.41, 5.74) is 0.730. The van der Waals surface area contributed by atoms with Crippen LogP contribution >= 0.6 is 0 Å². The molecule has 5 nitrogen and oxygen atoms in total. The maximum absolute atomic E-state index is 12.4. The van der Waals surface area contributed by atoms with E-state index in [9.17, 15) is 13.2 Å².